The molecule has 0 spiro atoms. The van der Waals surface area contributed by atoms with Gasteiger partial charge in [-0.3, -0.25) is 4.79 Å². The SMILES string of the molecule is CC(C)C[C@H](NC(=O)OC(C)(C)C)C(=O)NCCS. The highest BCUT2D eigenvalue weighted by Crippen LogP contribution is 2.09. The molecular formula is C13H26N2O3S. The van der Waals surface area contributed by atoms with Crippen LogP contribution in [0.1, 0.15) is 41.0 Å². The van der Waals surface area contributed by atoms with Gasteiger partial charge < -0.3 is 15.4 Å². The average Bonchev–Trinajstić information content (AvgIpc) is 2.21. The third kappa shape index (κ3) is 9.64. The summed E-state index contributed by atoms with van der Waals surface area (Å²) >= 11 is 4.03. The van der Waals surface area contributed by atoms with Gasteiger partial charge >= 0.3 is 6.09 Å². The third-order valence-corrected chi connectivity index (χ3v) is 2.35. The van der Waals surface area contributed by atoms with E-state index < -0.39 is 17.7 Å². The van der Waals surface area contributed by atoms with Gasteiger partial charge in [0.25, 0.3) is 0 Å². The summed E-state index contributed by atoms with van der Waals surface area (Å²) in [4.78, 5) is 23.6. The van der Waals surface area contributed by atoms with Crippen LogP contribution in [0.25, 0.3) is 0 Å². The summed E-state index contributed by atoms with van der Waals surface area (Å²) in [6.07, 6.45) is -0.00310. The first-order valence-corrected chi connectivity index (χ1v) is 7.17. The van der Waals surface area contributed by atoms with E-state index in [1.807, 2.05) is 13.8 Å². The monoisotopic (exact) mass is 290 g/mol. The maximum absolute atomic E-state index is 11.9. The predicted molar refractivity (Wildman–Crippen MR) is 79.5 cm³/mol. The van der Waals surface area contributed by atoms with Crippen LogP contribution in [0.2, 0.25) is 0 Å². The molecule has 0 aromatic heterocycles. The van der Waals surface area contributed by atoms with Crippen molar-refractivity contribution in [3.8, 4) is 0 Å². The van der Waals surface area contributed by atoms with Gasteiger partial charge in [0.15, 0.2) is 0 Å². The second kappa shape index (κ2) is 8.30. The van der Waals surface area contributed by atoms with E-state index in [0.717, 1.165) is 0 Å². The van der Waals surface area contributed by atoms with Gasteiger partial charge in [-0.25, -0.2) is 4.79 Å². The first-order valence-electron chi connectivity index (χ1n) is 6.53. The number of carbonyl (C=O) groups is 2. The number of hydrogen-bond acceptors (Lipinski definition) is 4. The van der Waals surface area contributed by atoms with Crippen LogP contribution in [0.5, 0.6) is 0 Å². The molecule has 0 rings (SSSR count). The van der Waals surface area contributed by atoms with Crippen LogP contribution < -0.4 is 10.6 Å². The highest BCUT2D eigenvalue weighted by atomic mass is 32.1. The van der Waals surface area contributed by atoms with E-state index in [1.54, 1.807) is 20.8 Å². The molecule has 0 saturated carbocycles. The minimum absolute atomic E-state index is 0.200. The maximum atomic E-state index is 11.9. The summed E-state index contributed by atoms with van der Waals surface area (Å²) < 4.78 is 5.16. The number of nitrogens with one attached hydrogen (secondary N) is 2. The summed E-state index contributed by atoms with van der Waals surface area (Å²) in [6, 6.07) is -0.574. The minimum atomic E-state index is -0.575. The molecule has 112 valence electrons. The Bertz CT molecular complexity index is 301. The lowest BCUT2D eigenvalue weighted by atomic mass is 10.0. The Hall–Kier alpha value is -0.910. The van der Waals surface area contributed by atoms with E-state index in [0.29, 0.717) is 24.6 Å². The Morgan fingerprint density at radius 1 is 1.26 bits per heavy atom. The molecule has 0 aliphatic rings. The number of rotatable bonds is 6. The Labute approximate surface area is 121 Å². The second-order valence-corrected chi connectivity index (χ2v) is 6.29. The standard InChI is InChI=1S/C13H26N2O3S/c1-9(2)8-10(11(16)14-6-7-19)15-12(17)18-13(3,4)5/h9-10,19H,6-8H2,1-5H3,(H,14,16)(H,15,17)/t10-/m0/s1. The van der Waals surface area contributed by atoms with Gasteiger partial charge in [0, 0.05) is 12.3 Å². The third-order valence-electron chi connectivity index (χ3n) is 2.13. The smallest absolute Gasteiger partial charge is 0.408 e. The Balaban J connectivity index is 4.50. The normalized spacial score (nSPS) is 13.0. The molecule has 0 fully saturated rings. The minimum Gasteiger partial charge on any atom is -0.444 e. The first kappa shape index (κ1) is 18.1. The molecular weight excluding hydrogens is 264 g/mol. The zero-order chi connectivity index (χ0) is 15.1. The summed E-state index contributed by atoms with van der Waals surface area (Å²) in [6.45, 7) is 9.82. The summed E-state index contributed by atoms with van der Waals surface area (Å²) in [5.41, 5.74) is -0.575. The van der Waals surface area contributed by atoms with Gasteiger partial charge in [-0.2, -0.15) is 12.6 Å². The van der Waals surface area contributed by atoms with Gasteiger partial charge in [0.1, 0.15) is 11.6 Å². The summed E-state index contributed by atoms with van der Waals surface area (Å²) in [5.74, 6) is 0.655. The molecule has 2 amide bonds. The van der Waals surface area contributed by atoms with Gasteiger partial charge in [-0.05, 0) is 33.1 Å². The molecule has 0 aromatic rings. The van der Waals surface area contributed by atoms with Gasteiger partial charge in [-0.1, -0.05) is 13.8 Å². The van der Waals surface area contributed by atoms with Crippen LogP contribution in [0, 0.1) is 5.92 Å². The van der Waals surface area contributed by atoms with Crippen molar-refractivity contribution in [3.63, 3.8) is 0 Å². The molecule has 19 heavy (non-hydrogen) atoms. The van der Waals surface area contributed by atoms with E-state index in [9.17, 15) is 9.59 Å². The molecule has 0 aromatic carbocycles. The number of hydrogen-bond donors (Lipinski definition) is 3. The zero-order valence-electron chi connectivity index (χ0n) is 12.4. The molecule has 0 aliphatic carbocycles. The van der Waals surface area contributed by atoms with E-state index in [4.69, 9.17) is 4.74 Å². The van der Waals surface area contributed by atoms with Gasteiger partial charge in [0.2, 0.25) is 5.91 Å². The number of thiol groups is 1. The number of alkyl carbamates (subject to hydrolysis) is 1. The molecule has 0 saturated heterocycles. The molecule has 0 heterocycles. The molecule has 6 heteroatoms. The lowest BCUT2D eigenvalue weighted by Crippen LogP contribution is -2.49. The Morgan fingerprint density at radius 3 is 2.26 bits per heavy atom. The summed E-state index contributed by atoms with van der Waals surface area (Å²) in [7, 11) is 0. The van der Waals surface area contributed by atoms with E-state index in [2.05, 4.69) is 23.3 Å². The van der Waals surface area contributed by atoms with Crippen molar-refractivity contribution in [1.82, 2.24) is 10.6 Å². The topological polar surface area (TPSA) is 67.4 Å². The van der Waals surface area contributed by atoms with Crippen molar-refractivity contribution in [2.45, 2.75) is 52.7 Å². The largest absolute Gasteiger partial charge is 0.444 e. The van der Waals surface area contributed by atoms with Crippen LogP contribution in [-0.2, 0) is 9.53 Å². The highest BCUT2D eigenvalue weighted by molar-refractivity contribution is 7.80. The molecule has 1 atom stereocenters. The fraction of sp³-hybridized carbons (Fsp3) is 0.846. The second-order valence-electron chi connectivity index (χ2n) is 5.84. The van der Waals surface area contributed by atoms with Crippen molar-refractivity contribution < 1.29 is 14.3 Å². The lowest BCUT2D eigenvalue weighted by Gasteiger charge is -2.24. The van der Waals surface area contributed by atoms with Crippen LogP contribution in [-0.4, -0.2) is 35.9 Å². The number of amides is 2. The Morgan fingerprint density at radius 2 is 1.84 bits per heavy atom. The molecule has 0 unspecified atom stereocenters. The van der Waals surface area contributed by atoms with Crippen LogP contribution in [0.15, 0.2) is 0 Å². The quantitative estimate of drug-likeness (QED) is 0.655. The molecule has 0 radical (unpaired) electrons. The Kier molecular flexibility index (Phi) is 7.90. The number of ether oxygens (including phenoxy) is 1. The maximum Gasteiger partial charge on any atom is 0.408 e. The molecule has 0 aliphatic heterocycles. The van der Waals surface area contributed by atoms with E-state index in [-0.39, 0.29) is 5.91 Å². The zero-order valence-corrected chi connectivity index (χ0v) is 13.3. The fourth-order valence-corrected chi connectivity index (χ4v) is 1.57. The average molecular weight is 290 g/mol. The van der Waals surface area contributed by atoms with Gasteiger partial charge in [0.05, 0.1) is 0 Å². The van der Waals surface area contributed by atoms with Crippen LogP contribution >= 0.6 is 12.6 Å². The molecule has 0 bridgehead atoms. The molecule has 5 nitrogen and oxygen atoms in total. The first-order chi connectivity index (χ1) is 8.65. The van der Waals surface area contributed by atoms with Gasteiger partial charge in [-0.15, -0.1) is 0 Å². The van der Waals surface area contributed by atoms with Crippen LogP contribution in [0.3, 0.4) is 0 Å². The highest BCUT2D eigenvalue weighted by Gasteiger charge is 2.24. The van der Waals surface area contributed by atoms with E-state index in [1.165, 1.54) is 0 Å². The van der Waals surface area contributed by atoms with Crippen LogP contribution in [0.4, 0.5) is 4.79 Å². The molecule has 2 N–H and O–H groups in total. The van der Waals surface area contributed by atoms with Crippen molar-refractivity contribution in [2.24, 2.45) is 5.92 Å². The van der Waals surface area contributed by atoms with Crippen molar-refractivity contribution in [2.75, 3.05) is 12.3 Å². The number of carbonyl (C=O) groups excluding carboxylic acids is 2. The lowest BCUT2D eigenvalue weighted by molar-refractivity contribution is -0.123. The fourth-order valence-electron chi connectivity index (χ4n) is 1.46. The van der Waals surface area contributed by atoms with Crippen molar-refractivity contribution in [1.29, 1.82) is 0 Å². The van der Waals surface area contributed by atoms with Crippen molar-refractivity contribution >= 4 is 24.6 Å². The van der Waals surface area contributed by atoms with Crippen molar-refractivity contribution in [3.05, 3.63) is 0 Å². The predicted octanol–water partition coefficient (Wildman–Crippen LogP) is 1.97. The van der Waals surface area contributed by atoms with E-state index >= 15 is 0 Å². The summed E-state index contributed by atoms with van der Waals surface area (Å²) in [5, 5.41) is 5.34.